The van der Waals surface area contributed by atoms with Crippen LogP contribution in [0.15, 0.2) is 60.8 Å². The molecule has 0 aliphatic carbocycles. The van der Waals surface area contributed by atoms with E-state index in [1.165, 1.54) is 16.8 Å². The second-order valence-electron chi connectivity index (χ2n) is 7.55. The Kier molecular flexibility index (Phi) is 5.84. The van der Waals surface area contributed by atoms with Crippen LogP contribution >= 0.6 is 0 Å². The number of nitrogens with two attached hydrogens (primary N) is 1. The highest BCUT2D eigenvalue weighted by molar-refractivity contribution is 5.93. The summed E-state index contributed by atoms with van der Waals surface area (Å²) in [5.41, 5.74) is 7.45. The van der Waals surface area contributed by atoms with Crippen LogP contribution in [0.4, 0.5) is 17.1 Å². The van der Waals surface area contributed by atoms with Crippen LogP contribution in [0, 0.1) is 16.0 Å². The molecule has 2 heterocycles. The molecule has 1 saturated heterocycles. The van der Waals surface area contributed by atoms with Crippen LogP contribution in [0.3, 0.4) is 0 Å². The summed E-state index contributed by atoms with van der Waals surface area (Å²) in [6, 6.07) is 15.3. The number of nitrogens with zero attached hydrogens (tertiary/aromatic N) is 4. The molecule has 1 aliphatic heterocycles. The summed E-state index contributed by atoms with van der Waals surface area (Å²) in [6.45, 7) is 1.15. The number of hydrogen-bond acceptors (Lipinski definition) is 6. The Balaban J connectivity index is 1.35. The second kappa shape index (κ2) is 8.88. The summed E-state index contributed by atoms with van der Waals surface area (Å²) in [5, 5.41) is 18.3. The number of primary amides is 1. The van der Waals surface area contributed by atoms with Crippen molar-refractivity contribution in [3.05, 3.63) is 76.6 Å². The quantitative estimate of drug-likeness (QED) is 0.452. The van der Waals surface area contributed by atoms with Crippen molar-refractivity contribution in [3.8, 4) is 5.69 Å². The van der Waals surface area contributed by atoms with E-state index in [-0.39, 0.29) is 28.1 Å². The molecule has 3 aromatic rings. The van der Waals surface area contributed by atoms with Gasteiger partial charge in [0.25, 0.3) is 11.6 Å². The summed E-state index contributed by atoms with van der Waals surface area (Å²) in [4.78, 5) is 36.8. The van der Waals surface area contributed by atoms with Crippen LogP contribution in [0.5, 0.6) is 0 Å². The van der Waals surface area contributed by atoms with E-state index in [4.69, 9.17) is 5.73 Å². The molecule has 0 spiro atoms. The van der Waals surface area contributed by atoms with Crippen LogP contribution in [0.2, 0.25) is 0 Å². The predicted octanol–water partition coefficient (Wildman–Crippen LogP) is 2.73. The van der Waals surface area contributed by atoms with E-state index in [9.17, 15) is 19.7 Å². The van der Waals surface area contributed by atoms with Crippen LogP contribution in [-0.4, -0.2) is 39.6 Å². The van der Waals surface area contributed by atoms with Crippen molar-refractivity contribution in [2.75, 3.05) is 23.3 Å². The monoisotopic (exact) mass is 434 g/mol. The maximum atomic E-state index is 12.7. The Bertz CT molecular complexity index is 1150. The van der Waals surface area contributed by atoms with Gasteiger partial charge in [0, 0.05) is 37.0 Å². The van der Waals surface area contributed by atoms with Gasteiger partial charge in [-0.3, -0.25) is 19.7 Å². The zero-order valence-corrected chi connectivity index (χ0v) is 17.2. The molecule has 4 rings (SSSR count). The third kappa shape index (κ3) is 4.43. The Morgan fingerprint density at radius 3 is 2.38 bits per heavy atom. The summed E-state index contributed by atoms with van der Waals surface area (Å²) < 4.78 is 1.53. The normalized spacial score (nSPS) is 14.2. The van der Waals surface area contributed by atoms with Gasteiger partial charge in [-0.25, -0.2) is 4.68 Å². The fourth-order valence-electron chi connectivity index (χ4n) is 3.81. The maximum absolute atomic E-state index is 12.7. The van der Waals surface area contributed by atoms with Gasteiger partial charge < -0.3 is 16.0 Å². The highest BCUT2D eigenvalue weighted by Gasteiger charge is 2.28. The molecular weight excluding hydrogens is 412 g/mol. The topological polar surface area (TPSA) is 136 Å². The van der Waals surface area contributed by atoms with Crippen molar-refractivity contribution in [2.45, 2.75) is 12.8 Å². The Morgan fingerprint density at radius 1 is 1.06 bits per heavy atom. The molecule has 0 bridgehead atoms. The summed E-state index contributed by atoms with van der Waals surface area (Å²) in [7, 11) is 0. The number of benzene rings is 2. The fraction of sp³-hybridized carbons (Fsp3) is 0.227. The third-order valence-electron chi connectivity index (χ3n) is 5.53. The molecule has 0 unspecified atom stereocenters. The molecule has 32 heavy (non-hydrogen) atoms. The molecule has 10 heteroatoms. The highest BCUT2D eigenvalue weighted by atomic mass is 16.6. The molecule has 0 atom stereocenters. The molecule has 2 amide bonds. The van der Waals surface area contributed by atoms with Crippen LogP contribution in [0.25, 0.3) is 5.69 Å². The Hall–Kier alpha value is -4.21. The lowest BCUT2D eigenvalue weighted by Gasteiger charge is -2.32. The lowest BCUT2D eigenvalue weighted by molar-refractivity contribution is -0.384. The molecule has 0 saturated carbocycles. The lowest BCUT2D eigenvalue weighted by Crippen LogP contribution is -2.38. The molecule has 0 radical (unpaired) electrons. The first-order chi connectivity index (χ1) is 15.4. The average Bonchev–Trinajstić information content (AvgIpc) is 3.30. The fourth-order valence-corrected chi connectivity index (χ4v) is 3.81. The molecule has 164 valence electrons. The van der Waals surface area contributed by atoms with Crippen molar-refractivity contribution < 1.29 is 14.5 Å². The van der Waals surface area contributed by atoms with Crippen molar-refractivity contribution >= 4 is 28.9 Å². The number of anilines is 2. The van der Waals surface area contributed by atoms with Crippen molar-refractivity contribution in [2.24, 2.45) is 11.7 Å². The first-order valence-electron chi connectivity index (χ1n) is 10.2. The number of rotatable bonds is 6. The number of amides is 2. The minimum atomic E-state index is -0.597. The van der Waals surface area contributed by atoms with Gasteiger partial charge in [0.15, 0.2) is 0 Å². The van der Waals surface area contributed by atoms with E-state index in [0.29, 0.717) is 37.3 Å². The van der Waals surface area contributed by atoms with E-state index in [0.717, 1.165) is 5.69 Å². The number of hydrogen-bond donors (Lipinski definition) is 2. The first-order valence-corrected chi connectivity index (χ1v) is 10.2. The second-order valence-corrected chi connectivity index (χ2v) is 7.55. The predicted molar refractivity (Wildman–Crippen MR) is 119 cm³/mol. The number of aromatic nitrogens is 2. The standard InChI is InChI=1S/C22H22N6O4/c23-21(29)18-11-14-27(25-18)17-7-5-16(6-8-17)24-22(30)15-9-12-26(13-10-15)19-3-1-2-4-20(19)28(31)32/h1-8,11,14-15H,9-10,12-13H2,(H2,23,29)(H,24,30). The number of para-hydroxylation sites is 2. The summed E-state index contributed by atoms with van der Waals surface area (Å²) >= 11 is 0. The molecule has 1 aliphatic rings. The van der Waals surface area contributed by atoms with Gasteiger partial charge in [-0.1, -0.05) is 12.1 Å². The minimum Gasteiger partial charge on any atom is -0.366 e. The number of carbonyl (C=O) groups excluding carboxylic acids is 2. The van der Waals surface area contributed by atoms with Gasteiger partial charge in [0.05, 0.1) is 10.6 Å². The Labute approximate surface area is 183 Å². The first kappa shape index (κ1) is 21.0. The van der Waals surface area contributed by atoms with Gasteiger partial charge in [-0.2, -0.15) is 5.10 Å². The number of nitrogens with one attached hydrogen (secondary N) is 1. The molecule has 2 aromatic carbocycles. The van der Waals surface area contributed by atoms with E-state index in [1.54, 1.807) is 48.7 Å². The molecule has 1 fully saturated rings. The van der Waals surface area contributed by atoms with Gasteiger partial charge in [0.1, 0.15) is 11.4 Å². The van der Waals surface area contributed by atoms with Crippen molar-refractivity contribution in [1.29, 1.82) is 0 Å². The van der Waals surface area contributed by atoms with Gasteiger partial charge in [-0.15, -0.1) is 0 Å². The minimum absolute atomic E-state index is 0.0740. The third-order valence-corrected chi connectivity index (χ3v) is 5.53. The summed E-state index contributed by atoms with van der Waals surface area (Å²) in [5.74, 6) is -0.839. The Morgan fingerprint density at radius 2 is 1.75 bits per heavy atom. The van der Waals surface area contributed by atoms with Gasteiger partial charge >= 0.3 is 0 Å². The number of carbonyl (C=O) groups is 2. The lowest BCUT2D eigenvalue weighted by atomic mass is 9.95. The smallest absolute Gasteiger partial charge is 0.292 e. The van der Waals surface area contributed by atoms with Crippen LogP contribution in [-0.2, 0) is 4.79 Å². The average molecular weight is 434 g/mol. The highest BCUT2D eigenvalue weighted by Crippen LogP contribution is 2.31. The zero-order valence-electron chi connectivity index (χ0n) is 17.2. The number of nitro groups is 1. The van der Waals surface area contributed by atoms with E-state index in [1.807, 2.05) is 4.90 Å². The maximum Gasteiger partial charge on any atom is 0.292 e. The van der Waals surface area contributed by atoms with Gasteiger partial charge in [-0.05, 0) is 49.2 Å². The molecule has 10 nitrogen and oxygen atoms in total. The molecule has 1 aromatic heterocycles. The van der Waals surface area contributed by atoms with Crippen LogP contribution < -0.4 is 16.0 Å². The number of piperidine rings is 1. The van der Waals surface area contributed by atoms with Crippen LogP contribution in [0.1, 0.15) is 23.3 Å². The van der Waals surface area contributed by atoms with Gasteiger partial charge in [0.2, 0.25) is 5.91 Å². The molecule has 3 N–H and O–H groups in total. The van der Waals surface area contributed by atoms with E-state index in [2.05, 4.69) is 10.4 Å². The largest absolute Gasteiger partial charge is 0.366 e. The van der Waals surface area contributed by atoms with E-state index >= 15 is 0 Å². The number of nitro benzene ring substituents is 1. The SMILES string of the molecule is NC(=O)c1ccn(-c2ccc(NC(=O)C3CCN(c4ccccc4[N+](=O)[O-])CC3)cc2)n1. The molecular formula is C22H22N6O4. The zero-order chi connectivity index (χ0) is 22.7. The van der Waals surface area contributed by atoms with Crippen molar-refractivity contribution in [3.63, 3.8) is 0 Å². The summed E-state index contributed by atoms with van der Waals surface area (Å²) in [6.07, 6.45) is 2.86. The van der Waals surface area contributed by atoms with E-state index < -0.39 is 5.91 Å². The van der Waals surface area contributed by atoms with Crippen molar-refractivity contribution in [1.82, 2.24) is 9.78 Å².